The minimum absolute atomic E-state index is 0.195. The molecule has 1 aromatic rings. The summed E-state index contributed by atoms with van der Waals surface area (Å²) in [6.45, 7) is 3.11. The zero-order valence-corrected chi connectivity index (χ0v) is 12.5. The maximum atomic E-state index is 13.8. The van der Waals surface area contributed by atoms with E-state index in [0.717, 1.165) is 12.1 Å². The van der Waals surface area contributed by atoms with Gasteiger partial charge in [0.25, 0.3) is 0 Å². The fourth-order valence-electron chi connectivity index (χ4n) is 2.21. The molecule has 0 aromatic heterocycles. The van der Waals surface area contributed by atoms with Crippen LogP contribution in [0, 0.1) is 17.6 Å². The number of rotatable bonds is 4. The summed E-state index contributed by atoms with van der Waals surface area (Å²) in [4.78, 5) is 0. The number of ether oxygens (including phenoxy) is 2. The molecule has 2 rings (SSSR count). The van der Waals surface area contributed by atoms with Crippen LogP contribution in [0.1, 0.15) is 24.5 Å². The Labute approximate surface area is 130 Å². The molecular formula is C16H17F5O2. The van der Waals surface area contributed by atoms with Gasteiger partial charge in [0, 0.05) is 24.0 Å². The average Bonchev–Trinajstić information content (AvgIpc) is 2.44. The molecule has 2 nitrogen and oxygen atoms in total. The average molecular weight is 336 g/mol. The summed E-state index contributed by atoms with van der Waals surface area (Å²) in [5.74, 6) is -1.75. The van der Waals surface area contributed by atoms with E-state index >= 15 is 0 Å². The summed E-state index contributed by atoms with van der Waals surface area (Å²) in [7, 11) is 0. The molecule has 0 amide bonds. The fraction of sp³-hybridized carbons (Fsp3) is 0.500. The van der Waals surface area contributed by atoms with E-state index in [-0.39, 0.29) is 6.08 Å². The number of aryl methyl sites for hydroxylation is 1. The number of hydrogen-bond acceptors (Lipinski definition) is 2. The number of allylic oxidation sites excluding steroid dienone is 1. The first-order valence-corrected chi connectivity index (χ1v) is 7.21. The first-order chi connectivity index (χ1) is 10.7. The Bertz CT molecular complexity index is 537. The molecule has 23 heavy (non-hydrogen) atoms. The van der Waals surface area contributed by atoms with E-state index in [9.17, 15) is 22.0 Å². The Kier molecular flexibility index (Phi) is 5.75. The van der Waals surface area contributed by atoms with Gasteiger partial charge in [0.1, 0.15) is 11.6 Å². The second kappa shape index (κ2) is 7.40. The number of hydrogen-bond donors (Lipinski definition) is 0. The first-order valence-electron chi connectivity index (χ1n) is 7.21. The lowest BCUT2D eigenvalue weighted by molar-refractivity contribution is -0.199. The van der Waals surface area contributed by atoms with Gasteiger partial charge in [0.05, 0.1) is 13.2 Å². The van der Waals surface area contributed by atoms with Crippen molar-refractivity contribution in [2.24, 2.45) is 5.92 Å². The van der Waals surface area contributed by atoms with Gasteiger partial charge in [-0.2, -0.15) is 13.2 Å². The van der Waals surface area contributed by atoms with Crippen LogP contribution in [-0.4, -0.2) is 25.7 Å². The maximum absolute atomic E-state index is 13.8. The minimum atomic E-state index is -4.62. The molecule has 0 saturated carbocycles. The summed E-state index contributed by atoms with van der Waals surface area (Å²) in [6.07, 6.45) is -4.13. The summed E-state index contributed by atoms with van der Waals surface area (Å²) in [5, 5.41) is 0. The molecule has 1 heterocycles. The Morgan fingerprint density at radius 1 is 1.13 bits per heavy atom. The predicted molar refractivity (Wildman–Crippen MR) is 74.6 cm³/mol. The molecule has 1 saturated heterocycles. The smallest absolute Gasteiger partial charge is 0.352 e. The van der Waals surface area contributed by atoms with E-state index in [1.165, 1.54) is 0 Å². The predicted octanol–water partition coefficient (Wildman–Crippen LogP) is 4.48. The van der Waals surface area contributed by atoms with Crippen LogP contribution in [0.15, 0.2) is 18.2 Å². The summed E-state index contributed by atoms with van der Waals surface area (Å²) in [5.41, 5.74) is -0.361. The molecule has 1 fully saturated rings. The normalized spacial score (nSPS) is 22.7. The van der Waals surface area contributed by atoms with Crippen molar-refractivity contribution in [3.63, 3.8) is 0 Å². The molecule has 0 radical (unpaired) electrons. The van der Waals surface area contributed by atoms with Gasteiger partial charge in [-0.05, 0) is 30.2 Å². The van der Waals surface area contributed by atoms with Crippen LogP contribution in [0.3, 0.4) is 0 Å². The molecule has 7 heteroatoms. The fourth-order valence-corrected chi connectivity index (χ4v) is 2.21. The Hall–Kier alpha value is -1.47. The minimum Gasteiger partial charge on any atom is -0.352 e. The molecular weight excluding hydrogens is 319 g/mol. The van der Waals surface area contributed by atoms with Gasteiger partial charge in [-0.25, -0.2) is 8.78 Å². The lowest BCUT2D eigenvalue weighted by atomic mass is 10.0. The van der Waals surface area contributed by atoms with E-state index in [2.05, 4.69) is 0 Å². The molecule has 0 bridgehead atoms. The lowest BCUT2D eigenvalue weighted by Gasteiger charge is -2.27. The summed E-state index contributed by atoms with van der Waals surface area (Å²) >= 11 is 0. The molecule has 1 aliphatic rings. The van der Waals surface area contributed by atoms with E-state index in [1.54, 1.807) is 0 Å². The van der Waals surface area contributed by atoms with Crippen LogP contribution in [-0.2, 0) is 15.9 Å². The van der Waals surface area contributed by atoms with Crippen LogP contribution in [0.25, 0.3) is 6.08 Å². The zero-order chi connectivity index (χ0) is 17.0. The second-order valence-electron chi connectivity index (χ2n) is 5.59. The highest BCUT2D eigenvalue weighted by atomic mass is 19.4. The van der Waals surface area contributed by atoms with Gasteiger partial charge < -0.3 is 9.47 Å². The number of benzene rings is 1. The van der Waals surface area contributed by atoms with Crippen molar-refractivity contribution in [2.75, 3.05) is 13.2 Å². The van der Waals surface area contributed by atoms with Crippen molar-refractivity contribution in [3.05, 3.63) is 41.0 Å². The molecule has 0 aliphatic carbocycles. The van der Waals surface area contributed by atoms with E-state index < -0.39 is 29.7 Å². The summed E-state index contributed by atoms with van der Waals surface area (Å²) < 4.78 is 74.7. The van der Waals surface area contributed by atoms with Crippen molar-refractivity contribution >= 4 is 6.08 Å². The zero-order valence-electron chi connectivity index (χ0n) is 12.5. The van der Waals surface area contributed by atoms with Crippen molar-refractivity contribution in [3.8, 4) is 0 Å². The van der Waals surface area contributed by atoms with Gasteiger partial charge >= 0.3 is 6.18 Å². The van der Waals surface area contributed by atoms with E-state index in [0.29, 0.717) is 43.6 Å². The van der Waals surface area contributed by atoms with Crippen molar-refractivity contribution in [1.82, 2.24) is 0 Å². The molecule has 128 valence electrons. The van der Waals surface area contributed by atoms with Gasteiger partial charge in [-0.1, -0.05) is 6.92 Å². The third kappa shape index (κ3) is 5.58. The standard InChI is InChI=1S/C16H17F5O2/c1-10-8-22-15(23-9-10)3-2-11-6-13(17)12(14(18)7-11)4-5-16(19,20)21/h4-7,10,15H,2-3,8-9H2,1H3/b5-4-. The Morgan fingerprint density at radius 3 is 2.22 bits per heavy atom. The monoisotopic (exact) mass is 336 g/mol. The Balaban J connectivity index is 2.00. The molecule has 0 atom stereocenters. The maximum Gasteiger partial charge on any atom is 0.409 e. The Morgan fingerprint density at radius 2 is 1.70 bits per heavy atom. The third-order valence-electron chi connectivity index (χ3n) is 3.38. The first kappa shape index (κ1) is 17.9. The molecule has 0 spiro atoms. The quantitative estimate of drug-likeness (QED) is 0.755. The van der Waals surface area contributed by atoms with Gasteiger partial charge in [-0.3, -0.25) is 0 Å². The number of halogens is 5. The van der Waals surface area contributed by atoms with Crippen LogP contribution in [0.2, 0.25) is 0 Å². The molecule has 0 N–H and O–H groups in total. The molecule has 0 unspecified atom stereocenters. The second-order valence-corrected chi connectivity index (χ2v) is 5.59. The summed E-state index contributed by atoms with van der Waals surface area (Å²) in [6, 6.07) is 2.06. The van der Waals surface area contributed by atoms with Crippen LogP contribution in [0.4, 0.5) is 22.0 Å². The SMILES string of the molecule is CC1COC(CCc2cc(F)c(/C=C\C(F)(F)F)c(F)c2)OC1. The van der Waals surface area contributed by atoms with E-state index in [1.807, 2.05) is 6.92 Å². The highest BCUT2D eigenvalue weighted by molar-refractivity contribution is 5.52. The number of alkyl halides is 3. The molecule has 1 aromatic carbocycles. The highest BCUT2D eigenvalue weighted by Gasteiger charge is 2.23. The highest BCUT2D eigenvalue weighted by Crippen LogP contribution is 2.23. The third-order valence-corrected chi connectivity index (χ3v) is 3.38. The van der Waals surface area contributed by atoms with Gasteiger partial charge in [0.15, 0.2) is 6.29 Å². The van der Waals surface area contributed by atoms with Crippen molar-refractivity contribution < 1.29 is 31.4 Å². The van der Waals surface area contributed by atoms with Gasteiger partial charge in [-0.15, -0.1) is 0 Å². The van der Waals surface area contributed by atoms with Gasteiger partial charge in [0.2, 0.25) is 0 Å². The van der Waals surface area contributed by atoms with Crippen LogP contribution < -0.4 is 0 Å². The van der Waals surface area contributed by atoms with Crippen LogP contribution in [0.5, 0.6) is 0 Å². The van der Waals surface area contributed by atoms with E-state index in [4.69, 9.17) is 9.47 Å². The van der Waals surface area contributed by atoms with Crippen molar-refractivity contribution in [1.29, 1.82) is 0 Å². The topological polar surface area (TPSA) is 18.5 Å². The largest absolute Gasteiger partial charge is 0.409 e. The molecule has 1 aliphatic heterocycles. The lowest BCUT2D eigenvalue weighted by Crippen LogP contribution is -2.30. The van der Waals surface area contributed by atoms with Crippen molar-refractivity contribution in [2.45, 2.75) is 32.2 Å². The van der Waals surface area contributed by atoms with Crippen LogP contribution >= 0.6 is 0 Å².